The topological polar surface area (TPSA) is 48.4 Å². The standard InChI is InChI=1S/C21H16FNO3/c22-16-3-1-15(2-4-16)19-11-14(7-9-23-19)13-26-17-5-6-18-20(24)8-10-25-21(18)12-17/h1-7,9,11-12H,8,10,13H2. The van der Waals surface area contributed by atoms with Gasteiger partial charge in [-0.25, -0.2) is 4.39 Å². The van der Waals surface area contributed by atoms with Crippen LogP contribution in [0.5, 0.6) is 11.5 Å². The second-order valence-corrected chi connectivity index (χ2v) is 6.02. The maximum atomic E-state index is 13.1. The Labute approximate surface area is 150 Å². The van der Waals surface area contributed by atoms with Crippen LogP contribution in [-0.4, -0.2) is 17.4 Å². The summed E-state index contributed by atoms with van der Waals surface area (Å²) in [5.41, 5.74) is 3.14. The summed E-state index contributed by atoms with van der Waals surface area (Å²) >= 11 is 0. The van der Waals surface area contributed by atoms with Gasteiger partial charge in [-0.3, -0.25) is 9.78 Å². The van der Waals surface area contributed by atoms with Crippen molar-refractivity contribution in [1.29, 1.82) is 0 Å². The Balaban J connectivity index is 1.49. The van der Waals surface area contributed by atoms with E-state index in [2.05, 4.69) is 4.98 Å². The number of halogens is 1. The molecule has 0 aliphatic carbocycles. The van der Waals surface area contributed by atoms with Crippen molar-refractivity contribution in [3.8, 4) is 22.8 Å². The number of Topliss-reactive ketones (excluding diaryl/α,β-unsaturated/α-hetero) is 1. The van der Waals surface area contributed by atoms with Crippen LogP contribution in [0.4, 0.5) is 4.39 Å². The van der Waals surface area contributed by atoms with Crippen LogP contribution in [0.15, 0.2) is 60.8 Å². The lowest BCUT2D eigenvalue weighted by Crippen LogP contribution is -2.15. The van der Waals surface area contributed by atoms with Gasteiger partial charge in [-0.2, -0.15) is 0 Å². The van der Waals surface area contributed by atoms with Gasteiger partial charge in [-0.15, -0.1) is 0 Å². The molecule has 4 rings (SSSR count). The number of fused-ring (bicyclic) bond motifs is 1. The van der Waals surface area contributed by atoms with Crippen LogP contribution in [-0.2, 0) is 6.61 Å². The number of pyridine rings is 1. The minimum Gasteiger partial charge on any atom is -0.492 e. The monoisotopic (exact) mass is 349 g/mol. The summed E-state index contributed by atoms with van der Waals surface area (Å²) in [6.07, 6.45) is 2.11. The van der Waals surface area contributed by atoms with Crippen LogP contribution in [0.2, 0.25) is 0 Å². The Kier molecular flexibility index (Phi) is 4.35. The number of benzene rings is 2. The molecule has 0 radical (unpaired) electrons. The molecule has 3 aromatic rings. The number of nitrogens with zero attached hydrogens (tertiary/aromatic N) is 1. The molecule has 0 spiro atoms. The molecule has 0 saturated carbocycles. The van der Waals surface area contributed by atoms with Crippen LogP contribution in [0, 0.1) is 5.82 Å². The van der Waals surface area contributed by atoms with Crippen molar-refractivity contribution >= 4 is 5.78 Å². The third-order valence-electron chi connectivity index (χ3n) is 4.21. The average molecular weight is 349 g/mol. The minimum atomic E-state index is -0.277. The van der Waals surface area contributed by atoms with Gasteiger partial charge < -0.3 is 9.47 Å². The van der Waals surface area contributed by atoms with Crippen molar-refractivity contribution in [2.24, 2.45) is 0 Å². The summed E-state index contributed by atoms with van der Waals surface area (Å²) in [6, 6.07) is 15.2. The molecule has 2 aromatic carbocycles. The van der Waals surface area contributed by atoms with E-state index in [1.54, 1.807) is 36.5 Å². The highest BCUT2D eigenvalue weighted by atomic mass is 19.1. The molecule has 1 aromatic heterocycles. The quantitative estimate of drug-likeness (QED) is 0.699. The number of aromatic nitrogens is 1. The van der Waals surface area contributed by atoms with E-state index in [0.29, 0.717) is 36.7 Å². The molecule has 0 bridgehead atoms. The molecule has 0 N–H and O–H groups in total. The van der Waals surface area contributed by atoms with Gasteiger partial charge >= 0.3 is 0 Å². The van der Waals surface area contributed by atoms with Crippen LogP contribution >= 0.6 is 0 Å². The van der Waals surface area contributed by atoms with E-state index in [-0.39, 0.29) is 11.6 Å². The predicted molar refractivity (Wildman–Crippen MR) is 94.8 cm³/mol. The Morgan fingerprint density at radius 3 is 2.77 bits per heavy atom. The third-order valence-corrected chi connectivity index (χ3v) is 4.21. The zero-order chi connectivity index (χ0) is 17.9. The Morgan fingerprint density at radius 2 is 1.92 bits per heavy atom. The van der Waals surface area contributed by atoms with Crippen molar-refractivity contribution in [2.45, 2.75) is 13.0 Å². The number of rotatable bonds is 4. The first kappa shape index (κ1) is 16.3. The molecule has 0 fully saturated rings. The average Bonchev–Trinajstić information content (AvgIpc) is 2.67. The lowest BCUT2D eigenvalue weighted by Gasteiger charge is -2.17. The van der Waals surface area contributed by atoms with Crippen LogP contribution < -0.4 is 9.47 Å². The Morgan fingerprint density at radius 1 is 1.08 bits per heavy atom. The van der Waals surface area contributed by atoms with Crippen molar-refractivity contribution in [3.05, 3.63) is 77.7 Å². The maximum Gasteiger partial charge on any atom is 0.169 e. The second-order valence-electron chi connectivity index (χ2n) is 6.02. The Hall–Kier alpha value is -3.21. The minimum absolute atomic E-state index is 0.0934. The van der Waals surface area contributed by atoms with Gasteiger partial charge in [-0.1, -0.05) is 0 Å². The molecular formula is C21H16FNO3. The molecular weight excluding hydrogens is 333 g/mol. The van der Waals surface area contributed by atoms with Crippen molar-refractivity contribution in [3.63, 3.8) is 0 Å². The molecule has 26 heavy (non-hydrogen) atoms. The highest BCUT2D eigenvalue weighted by Gasteiger charge is 2.18. The number of carbonyl (C=O) groups is 1. The molecule has 1 aliphatic heterocycles. The van der Waals surface area contributed by atoms with Gasteiger partial charge in [0.15, 0.2) is 5.78 Å². The van der Waals surface area contributed by atoms with Crippen molar-refractivity contribution < 1.29 is 18.7 Å². The zero-order valence-corrected chi connectivity index (χ0v) is 13.9. The fraction of sp³-hybridized carbons (Fsp3) is 0.143. The fourth-order valence-electron chi connectivity index (χ4n) is 2.84. The summed E-state index contributed by atoms with van der Waals surface area (Å²) < 4.78 is 24.4. The number of ether oxygens (including phenoxy) is 2. The second kappa shape index (κ2) is 6.96. The lowest BCUT2D eigenvalue weighted by atomic mass is 10.1. The third kappa shape index (κ3) is 3.42. The summed E-state index contributed by atoms with van der Waals surface area (Å²) in [4.78, 5) is 16.1. The smallest absolute Gasteiger partial charge is 0.169 e. The SMILES string of the molecule is O=C1CCOc2cc(OCc3ccnc(-c4ccc(F)cc4)c3)ccc21. The first-order valence-corrected chi connectivity index (χ1v) is 8.33. The molecule has 1 aliphatic rings. The summed E-state index contributed by atoms with van der Waals surface area (Å²) in [5, 5.41) is 0. The highest BCUT2D eigenvalue weighted by Crippen LogP contribution is 2.29. The fourth-order valence-corrected chi connectivity index (χ4v) is 2.84. The maximum absolute atomic E-state index is 13.1. The number of ketones is 1. The molecule has 0 atom stereocenters. The predicted octanol–water partition coefficient (Wildman–Crippen LogP) is 4.43. The van der Waals surface area contributed by atoms with E-state index >= 15 is 0 Å². The molecule has 2 heterocycles. The van der Waals surface area contributed by atoms with Gasteiger partial charge in [0.05, 0.1) is 17.9 Å². The summed E-state index contributed by atoms with van der Waals surface area (Å²) in [5.74, 6) is 1.02. The highest BCUT2D eigenvalue weighted by molar-refractivity contribution is 5.99. The van der Waals surface area contributed by atoms with E-state index in [1.807, 2.05) is 12.1 Å². The number of hydrogen-bond donors (Lipinski definition) is 0. The molecule has 4 nitrogen and oxygen atoms in total. The van der Waals surface area contributed by atoms with E-state index in [0.717, 1.165) is 16.8 Å². The van der Waals surface area contributed by atoms with Crippen LogP contribution in [0.1, 0.15) is 22.3 Å². The first-order chi connectivity index (χ1) is 12.7. The van der Waals surface area contributed by atoms with Crippen molar-refractivity contribution in [2.75, 3.05) is 6.61 Å². The van der Waals surface area contributed by atoms with Gasteiger partial charge in [-0.05, 0) is 54.1 Å². The van der Waals surface area contributed by atoms with Crippen LogP contribution in [0.3, 0.4) is 0 Å². The molecule has 0 amide bonds. The Bertz CT molecular complexity index is 954. The van der Waals surface area contributed by atoms with E-state index < -0.39 is 0 Å². The summed E-state index contributed by atoms with van der Waals surface area (Å²) in [6.45, 7) is 0.754. The largest absolute Gasteiger partial charge is 0.492 e. The zero-order valence-electron chi connectivity index (χ0n) is 13.9. The van der Waals surface area contributed by atoms with Gasteiger partial charge in [0.1, 0.15) is 23.9 Å². The number of hydrogen-bond acceptors (Lipinski definition) is 4. The van der Waals surface area contributed by atoms with Gasteiger partial charge in [0, 0.05) is 24.2 Å². The molecule has 0 saturated heterocycles. The van der Waals surface area contributed by atoms with E-state index in [9.17, 15) is 9.18 Å². The molecule has 5 heteroatoms. The van der Waals surface area contributed by atoms with E-state index in [4.69, 9.17) is 9.47 Å². The van der Waals surface area contributed by atoms with Gasteiger partial charge in [0.2, 0.25) is 0 Å². The van der Waals surface area contributed by atoms with Gasteiger partial charge in [0.25, 0.3) is 0 Å². The first-order valence-electron chi connectivity index (χ1n) is 8.33. The normalized spacial score (nSPS) is 13.0. The van der Waals surface area contributed by atoms with Crippen LogP contribution in [0.25, 0.3) is 11.3 Å². The summed E-state index contributed by atoms with van der Waals surface area (Å²) in [7, 11) is 0. The number of carbonyl (C=O) groups excluding carboxylic acids is 1. The lowest BCUT2D eigenvalue weighted by molar-refractivity contribution is 0.0933. The van der Waals surface area contributed by atoms with E-state index in [1.165, 1.54) is 12.1 Å². The molecule has 0 unspecified atom stereocenters. The van der Waals surface area contributed by atoms with Crippen molar-refractivity contribution in [1.82, 2.24) is 4.98 Å². The molecule has 130 valence electrons.